The summed E-state index contributed by atoms with van der Waals surface area (Å²) in [6.07, 6.45) is 6.44. The second kappa shape index (κ2) is 8.18. The zero-order valence-corrected chi connectivity index (χ0v) is 13.5. The molecule has 1 heterocycles. The molecule has 2 rings (SSSR count). The van der Waals surface area contributed by atoms with Crippen LogP contribution in [0.2, 0.25) is 0 Å². The van der Waals surface area contributed by atoms with E-state index in [4.69, 9.17) is 0 Å². The third-order valence-corrected chi connectivity index (χ3v) is 4.26. The Labute approximate surface area is 128 Å². The van der Waals surface area contributed by atoms with Crippen LogP contribution in [0.15, 0.2) is 18.2 Å². The van der Waals surface area contributed by atoms with Crippen molar-refractivity contribution in [3.8, 4) is 0 Å². The van der Waals surface area contributed by atoms with Gasteiger partial charge in [-0.2, -0.15) is 0 Å². The summed E-state index contributed by atoms with van der Waals surface area (Å²) in [5.41, 5.74) is 3.06. The molecule has 1 saturated heterocycles. The van der Waals surface area contributed by atoms with Gasteiger partial charge >= 0.3 is 0 Å². The van der Waals surface area contributed by atoms with E-state index < -0.39 is 0 Å². The van der Waals surface area contributed by atoms with Crippen LogP contribution in [0.4, 0.5) is 0 Å². The lowest BCUT2D eigenvalue weighted by atomic mass is 10.1. The van der Waals surface area contributed by atoms with E-state index in [0.717, 1.165) is 30.6 Å². The summed E-state index contributed by atoms with van der Waals surface area (Å²) in [5.74, 6) is 0.0587. The topological polar surface area (TPSA) is 32.3 Å². The molecule has 116 valence electrons. The average Bonchev–Trinajstić information content (AvgIpc) is 2.72. The van der Waals surface area contributed by atoms with Crippen LogP contribution in [-0.4, -0.2) is 37.0 Å². The second-order valence-electron chi connectivity index (χ2n) is 6.18. The van der Waals surface area contributed by atoms with Gasteiger partial charge in [0.1, 0.15) is 0 Å². The number of benzene rings is 1. The smallest absolute Gasteiger partial charge is 0.251 e. The van der Waals surface area contributed by atoms with Gasteiger partial charge in [-0.25, -0.2) is 0 Å². The third kappa shape index (κ3) is 5.16. The molecule has 1 aliphatic rings. The van der Waals surface area contributed by atoms with Crippen LogP contribution in [0.25, 0.3) is 0 Å². The van der Waals surface area contributed by atoms with Crippen molar-refractivity contribution in [3.05, 3.63) is 34.9 Å². The Balaban J connectivity index is 1.71. The van der Waals surface area contributed by atoms with Crippen LogP contribution in [-0.2, 0) is 0 Å². The monoisotopic (exact) mass is 288 g/mol. The largest absolute Gasteiger partial charge is 0.352 e. The molecular weight excluding hydrogens is 260 g/mol. The predicted octanol–water partition coefficient (Wildman–Crippen LogP) is 3.30. The van der Waals surface area contributed by atoms with Gasteiger partial charge < -0.3 is 10.2 Å². The van der Waals surface area contributed by atoms with E-state index in [1.807, 2.05) is 19.1 Å². The molecule has 3 nitrogen and oxygen atoms in total. The number of carbonyl (C=O) groups excluding carboxylic acids is 1. The first kappa shape index (κ1) is 16.0. The van der Waals surface area contributed by atoms with Crippen LogP contribution in [0.5, 0.6) is 0 Å². The Morgan fingerprint density at radius 3 is 2.52 bits per heavy atom. The van der Waals surface area contributed by atoms with Crippen LogP contribution in [0.1, 0.15) is 53.6 Å². The van der Waals surface area contributed by atoms with E-state index >= 15 is 0 Å². The fourth-order valence-corrected chi connectivity index (χ4v) is 3.03. The summed E-state index contributed by atoms with van der Waals surface area (Å²) in [6, 6.07) is 5.99. The lowest BCUT2D eigenvalue weighted by Crippen LogP contribution is -2.30. The molecular formula is C18H28N2O. The van der Waals surface area contributed by atoms with Crippen LogP contribution >= 0.6 is 0 Å². The Bertz CT molecular complexity index is 462. The molecule has 1 aromatic carbocycles. The van der Waals surface area contributed by atoms with Gasteiger partial charge in [0.05, 0.1) is 0 Å². The molecule has 21 heavy (non-hydrogen) atoms. The van der Waals surface area contributed by atoms with E-state index in [1.165, 1.54) is 44.3 Å². The fraction of sp³-hybridized carbons (Fsp3) is 0.611. The highest BCUT2D eigenvalue weighted by Gasteiger charge is 2.10. The SMILES string of the molecule is Cc1ccc(C(=O)NCCCN2CCCCCC2)c(C)c1. The van der Waals surface area contributed by atoms with E-state index in [1.54, 1.807) is 0 Å². The quantitative estimate of drug-likeness (QED) is 0.843. The van der Waals surface area contributed by atoms with Gasteiger partial charge in [0.25, 0.3) is 5.91 Å². The highest BCUT2D eigenvalue weighted by Crippen LogP contribution is 2.11. The number of amides is 1. The van der Waals surface area contributed by atoms with Crippen molar-refractivity contribution in [2.24, 2.45) is 0 Å². The summed E-state index contributed by atoms with van der Waals surface area (Å²) in [5, 5.41) is 3.05. The number of nitrogens with one attached hydrogen (secondary N) is 1. The van der Waals surface area contributed by atoms with Gasteiger partial charge in [0.2, 0.25) is 0 Å². The van der Waals surface area contributed by atoms with Crippen molar-refractivity contribution >= 4 is 5.91 Å². The molecule has 0 atom stereocenters. The summed E-state index contributed by atoms with van der Waals surface area (Å²) in [6.45, 7) is 8.38. The van der Waals surface area contributed by atoms with Crippen molar-refractivity contribution < 1.29 is 4.79 Å². The van der Waals surface area contributed by atoms with Gasteiger partial charge in [-0.05, 0) is 64.4 Å². The third-order valence-electron chi connectivity index (χ3n) is 4.26. The number of likely N-dealkylation sites (tertiary alicyclic amines) is 1. The highest BCUT2D eigenvalue weighted by atomic mass is 16.1. The van der Waals surface area contributed by atoms with E-state index in [-0.39, 0.29) is 5.91 Å². The molecule has 1 aliphatic heterocycles. The van der Waals surface area contributed by atoms with Crippen molar-refractivity contribution in [1.82, 2.24) is 10.2 Å². The molecule has 0 unspecified atom stereocenters. The van der Waals surface area contributed by atoms with Crippen molar-refractivity contribution in [2.75, 3.05) is 26.2 Å². The molecule has 1 fully saturated rings. The summed E-state index contributed by atoms with van der Waals surface area (Å²) < 4.78 is 0. The van der Waals surface area contributed by atoms with Gasteiger partial charge in [-0.1, -0.05) is 30.5 Å². The summed E-state index contributed by atoms with van der Waals surface area (Å²) >= 11 is 0. The minimum Gasteiger partial charge on any atom is -0.352 e. The number of aryl methyl sites for hydroxylation is 2. The Hall–Kier alpha value is -1.35. The predicted molar refractivity (Wildman–Crippen MR) is 87.8 cm³/mol. The minimum atomic E-state index is 0.0587. The van der Waals surface area contributed by atoms with Crippen molar-refractivity contribution in [2.45, 2.75) is 46.0 Å². The maximum Gasteiger partial charge on any atom is 0.251 e. The fourth-order valence-electron chi connectivity index (χ4n) is 3.03. The summed E-state index contributed by atoms with van der Waals surface area (Å²) in [7, 11) is 0. The van der Waals surface area contributed by atoms with Crippen LogP contribution in [0, 0.1) is 13.8 Å². The summed E-state index contributed by atoms with van der Waals surface area (Å²) in [4.78, 5) is 14.7. The van der Waals surface area contributed by atoms with Gasteiger partial charge in [0.15, 0.2) is 0 Å². The Morgan fingerprint density at radius 1 is 1.14 bits per heavy atom. The van der Waals surface area contributed by atoms with E-state index in [0.29, 0.717) is 0 Å². The molecule has 1 aromatic rings. The standard InChI is InChI=1S/C18H28N2O/c1-15-8-9-17(16(2)14-15)18(21)19-10-7-13-20-11-5-3-4-6-12-20/h8-9,14H,3-7,10-13H2,1-2H3,(H,19,21). The first-order valence-corrected chi connectivity index (χ1v) is 8.24. The normalized spacial score (nSPS) is 16.5. The number of carbonyl (C=O) groups is 1. The van der Waals surface area contributed by atoms with E-state index in [2.05, 4.69) is 23.2 Å². The lowest BCUT2D eigenvalue weighted by Gasteiger charge is -2.19. The zero-order chi connectivity index (χ0) is 15.1. The molecule has 0 aliphatic carbocycles. The van der Waals surface area contributed by atoms with Crippen molar-refractivity contribution in [1.29, 1.82) is 0 Å². The first-order chi connectivity index (χ1) is 10.2. The number of hydrogen-bond acceptors (Lipinski definition) is 2. The zero-order valence-electron chi connectivity index (χ0n) is 13.5. The molecule has 0 radical (unpaired) electrons. The Kier molecular flexibility index (Phi) is 6.24. The highest BCUT2D eigenvalue weighted by molar-refractivity contribution is 5.95. The molecule has 1 amide bonds. The van der Waals surface area contributed by atoms with Gasteiger partial charge in [-0.15, -0.1) is 0 Å². The van der Waals surface area contributed by atoms with Crippen molar-refractivity contribution in [3.63, 3.8) is 0 Å². The second-order valence-corrected chi connectivity index (χ2v) is 6.18. The molecule has 0 aromatic heterocycles. The molecule has 1 N–H and O–H groups in total. The van der Waals surface area contributed by atoms with E-state index in [9.17, 15) is 4.79 Å². The Morgan fingerprint density at radius 2 is 1.86 bits per heavy atom. The maximum atomic E-state index is 12.2. The first-order valence-electron chi connectivity index (χ1n) is 8.24. The number of rotatable bonds is 5. The van der Waals surface area contributed by atoms with Gasteiger partial charge in [0, 0.05) is 12.1 Å². The minimum absolute atomic E-state index is 0.0587. The van der Waals surface area contributed by atoms with Gasteiger partial charge in [-0.3, -0.25) is 4.79 Å². The molecule has 0 saturated carbocycles. The maximum absolute atomic E-state index is 12.2. The average molecular weight is 288 g/mol. The number of hydrogen-bond donors (Lipinski definition) is 1. The lowest BCUT2D eigenvalue weighted by molar-refractivity contribution is 0.0951. The molecule has 0 spiro atoms. The molecule has 3 heteroatoms. The van der Waals surface area contributed by atoms with Crippen LogP contribution in [0.3, 0.4) is 0 Å². The number of nitrogens with zero attached hydrogens (tertiary/aromatic N) is 1. The molecule has 0 bridgehead atoms. The van der Waals surface area contributed by atoms with Crippen LogP contribution < -0.4 is 5.32 Å².